The van der Waals surface area contributed by atoms with Crippen LogP contribution in [-0.2, 0) is 5.41 Å². The van der Waals surface area contributed by atoms with E-state index in [-0.39, 0.29) is 5.41 Å². The van der Waals surface area contributed by atoms with Crippen LogP contribution in [0.3, 0.4) is 0 Å². The second-order valence-corrected chi connectivity index (χ2v) is 8.22. The lowest BCUT2D eigenvalue weighted by Gasteiger charge is -2.27. The summed E-state index contributed by atoms with van der Waals surface area (Å²) in [5.41, 5.74) is 6.74. The van der Waals surface area contributed by atoms with Crippen LogP contribution in [0.15, 0.2) is 55.1 Å². The molecule has 0 unspecified atom stereocenters. The van der Waals surface area contributed by atoms with Crippen molar-refractivity contribution < 1.29 is 0 Å². The van der Waals surface area contributed by atoms with E-state index in [2.05, 4.69) is 96.7 Å². The molecule has 0 N–H and O–H groups in total. The minimum atomic E-state index is 0.0820. The van der Waals surface area contributed by atoms with Gasteiger partial charge in [-0.3, -0.25) is 0 Å². The van der Waals surface area contributed by atoms with Crippen molar-refractivity contribution >= 4 is 5.57 Å². The van der Waals surface area contributed by atoms with Gasteiger partial charge in [0.25, 0.3) is 0 Å². The Bertz CT molecular complexity index is 684. The van der Waals surface area contributed by atoms with Gasteiger partial charge in [0.15, 0.2) is 0 Å². The summed E-state index contributed by atoms with van der Waals surface area (Å²) in [6.45, 7) is 18.0. The van der Waals surface area contributed by atoms with Crippen molar-refractivity contribution in [1.82, 2.24) is 0 Å². The third-order valence-electron chi connectivity index (χ3n) is 4.98. The van der Waals surface area contributed by atoms with Gasteiger partial charge in [-0.2, -0.15) is 0 Å². The van der Waals surface area contributed by atoms with Crippen LogP contribution in [0.25, 0.3) is 5.57 Å². The van der Waals surface area contributed by atoms with E-state index in [0.29, 0.717) is 11.8 Å². The van der Waals surface area contributed by atoms with E-state index in [9.17, 15) is 0 Å². The molecule has 0 bridgehead atoms. The summed E-state index contributed by atoms with van der Waals surface area (Å²) in [5.74, 6) is 1.13. The summed E-state index contributed by atoms with van der Waals surface area (Å²) in [7, 11) is 0. The van der Waals surface area contributed by atoms with E-state index in [1.54, 1.807) is 0 Å². The Balaban J connectivity index is 2.18. The average molecular weight is 321 g/mol. The highest BCUT2D eigenvalue weighted by Gasteiger charge is 2.22. The van der Waals surface area contributed by atoms with Crippen LogP contribution in [0.5, 0.6) is 0 Å². The average Bonchev–Trinajstić information content (AvgIpc) is 2.54. The fourth-order valence-corrected chi connectivity index (χ4v) is 3.16. The fraction of sp³-hybridized carbons (Fsp3) is 0.417. The van der Waals surface area contributed by atoms with Gasteiger partial charge >= 0.3 is 0 Å². The van der Waals surface area contributed by atoms with Crippen LogP contribution in [0, 0.1) is 0 Å². The molecule has 24 heavy (non-hydrogen) atoms. The summed E-state index contributed by atoms with van der Waals surface area (Å²) in [6.07, 6.45) is 0.968. The van der Waals surface area contributed by atoms with Crippen LogP contribution in [0.1, 0.15) is 82.1 Å². The maximum atomic E-state index is 4.37. The summed E-state index contributed by atoms with van der Waals surface area (Å²) in [4.78, 5) is 0. The van der Waals surface area contributed by atoms with Crippen LogP contribution < -0.4 is 0 Å². The van der Waals surface area contributed by atoms with E-state index in [1.807, 2.05) is 0 Å². The molecule has 2 rings (SSSR count). The Morgan fingerprint density at radius 3 is 2.00 bits per heavy atom. The zero-order chi connectivity index (χ0) is 17.9. The third-order valence-corrected chi connectivity index (χ3v) is 4.98. The molecule has 2 aromatic rings. The van der Waals surface area contributed by atoms with Crippen molar-refractivity contribution in [3.8, 4) is 0 Å². The fourth-order valence-electron chi connectivity index (χ4n) is 3.16. The lowest BCUT2D eigenvalue weighted by molar-refractivity contribution is 0.541. The highest BCUT2D eigenvalue weighted by atomic mass is 14.3. The molecule has 0 saturated carbocycles. The van der Waals surface area contributed by atoms with Gasteiger partial charge in [-0.15, -0.1) is 0 Å². The molecule has 0 heteroatoms. The Kier molecular flexibility index (Phi) is 5.70. The maximum Gasteiger partial charge on any atom is -0.00631 e. The summed E-state index contributed by atoms with van der Waals surface area (Å²) in [6, 6.07) is 17.9. The van der Waals surface area contributed by atoms with Gasteiger partial charge in [0, 0.05) is 0 Å². The van der Waals surface area contributed by atoms with Gasteiger partial charge in [0.1, 0.15) is 0 Å². The van der Waals surface area contributed by atoms with Crippen LogP contribution >= 0.6 is 0 Å². The van der Waals surface area contributed by atoms with Crippen LogP contribution in [0.2, 0.25) is 0 Å². The van der Waals surface area contributed by atoms with Crippen molar-refractivity contribution in [2.75, 3.05) is 0 Å². The first-order valence-electron chi connectivity index (χ1n) is 9.09. The molecule has 2 aromatic carbocycles. The molecule has 0 aliphatic rings. The molecule has 0 aliphatic carbocycles. The van der Waals surface area contributed by atoms with E-state index in [4.69, 9.17) is 0 Å². The SMILES string of the molecule is C=C(CC(C)(C)c1cccc(C(C)C)c1)c1ccc(C(C)C)cc1. The summed E-state index contributed by atoms with van der Waals surface area (Å²) in [5, 5.41) is 0. The molecule has 0 atom stereocenters. The quantitative estimate of drug-likeness (QED) is 0.523. The molecule has 0 nitrogen and oxygen atoms in total. The number of rotatable bonds is 6. The van der Waals surface area contributed by atoms with Crippen molar-refractivity contribution in [1.29, 1.82) is 0 Å². The van der Waals surface area contributed by atoms with Gasteiger partial charge in [-0.1, -0.05) is 96.7 Å². The van der Waals surface area contributed by atoms with Crippen molar-refractivity contribution in [3.63, 3.8) is 0 Å². The third kappa shape index (κ3) is 4.38. The Labute approximate surface area is 148 Å². The van der Waals surface area contributed by atoms with E-state index in [1.165, 1.54) is 27.8 Å². The molecule has 0 radical (unpaired) electrons. The second-order valence-electron chi connectivity index (χ2n) is 8.22. The summed E-state index contributed by atoms with van der Waals surface area (Å²) < 4.78 is 0. The smallest absolute Gasteiger partial charge is 0.00631 e. The molecular formula is C24H32. The minimum Gasteiger partial charge on any atom is -0.0952 e. The highest BCUT2D eigenvalue weighted by molar-refractivity contribution is 5.65. The molecule has 0 aromatic heterocycles. The topological polar surface area (TPSA) is 0 Å². The van der Waals surface area contributed by atoms with Crippen molar-refractivity contribution in [3.05, 3.63) is 77.4 Å². The Morgan fingerprint density at radius 1 is 0.875 bits per heavy atom. The van der Waals surface area contributed by atoms with Gasteiger partial charge in [0.05, 0.1) is 0 Å². The summed E-state index contributed by atoms with van der Waals surface area (Å²) >= 11 is 0. The lowest BCUT2D eigenvalue weighted by atomic mass is 9.77. The zero-order valence-corrected chi connectivity index (χ0v) is 16.2. The number of hydrogen-bond donors (Lipinski definition) is 0. The molecule has 0 fully saturated rings. The molecule has 0 spiro atoms. The number of hydrogen-bond acceptors (Lipinski definition) is 0. The lowest BCUT2D eigenvalue weighted by Crippen LogP contribution is -2.18. The zero-order valence-electron chi connectivity index (χ0n) is 16.2. The largest absolute Gasteiger partial charge is 0.0952 e. The minimum absolute atomic E-state index is 0.0820. The number of benzene rings is 2. The van der Waals surface area contributed by atoms with Gasteiger partial charge in [-0.05, 0) is 51.5 Å². The standard InChI is InChI=1S/C24H32/c1-17(2)20-11-13-21(14-12-20)19(5)16-24(6,7)23-10-8-9-22(15-23)18(3)4/h8-15,17-18H,5,16H2,1-4,6-7H3. The molecule has 0 aliphatic heterocycles. The predicted molar refractivity (Wildman–Crippen MR) is 108 cm³/mol. The van der Waals surface area contributed by atoms with Gasteiger partial charge in [-0.25, -0.2) is 0 Å². The molecule has 0 amide bonds. The highest BCUT2D eigenvalue weighted by Crippen LogP contribution is 2.35. The van der Waals surface area contributed by atoms with E-state index >= 15 is 0 Å². The van der Waals surface area contributed by atoms with E-state index in [0.717, 1.165) is 6.42 Å². The normalized spacial score (nSPS) is 12.0. The second kappa shape index (κ2) is 7.38. The van der Waals surface area contributed by atoms with Crippen LogP contribution in [-0.4, -0.2) is 0 Å². The molecule has 128 valence electrons. The van der Waals surface area contributed by atoms with Crippen molar-refractivity contribution in [2.24, 2.45) is 0 Å². The first kappa shape index (κ1) is 18.5. The monoisotopic (exact) mass is 320 g/mol. The molecular weight excluding hydrogens is 288 g/mol. The van der Waals surface area contributed by atoms with Crippen molar-refractivity contribution in [2.45, 2.75) is 65.2 Å². The first-order valence-corrected chi connectivity index (χ1v) is 9.09. The van der Waals surface area contributed by atoms with E-state index < -0.39 is 0 Å². The first-order chi connectivity index (χ1) is 11.2. The number of allylic oxidation sites excluding steroid dienone is 1. The molecule has 0 heterocycles. The predicted octanol–water partition coefficient (Wildman–Crippen LogP) is 7.31. The van der Waals surface area contributed by atoms with Gasteiger partial charge in [0.2, 0.25) is 0 Å². The maximum absolute atomic E-state index is 4.37. The Morgan fingerprint density at radius 2 is 1.46 bits per heavy atom. The van der Waals surface area contributed by atoms with Gasteiger partial charge < -0.3 is 0 Å². The Hall–Kier alpha value is -1.82. The van der Waals surface area contributed by atoms with Crippen LogP contribution in [0.4, 0.5) is 0 Å². The molecule has 0 saturated heterocycles.